The summed E-state index contributed by atoms with van der Waals surface area (Å²) in [5.74, 6) is -0.764. The first kappa shape index (κ1) is 14.4. The highest BCUT2D eigenvalue weighted by Crippen LogP contribution is 2.40. The molecule has 1 N–H and O–H groups in total. The minimum absolute atomic E-state index is 0.0718. The molecular formula is C18H16O4. The van der Waals surface area contributed by atoms with Gasteiger partial charge < -0.3 is 5.11 Å². The molecule has 4 nitrogen and oxygen atoms in total. The second-order valence-electron chi connectivity index (χ2n) is 5.72. The van der Waals surface area contributed by atoms with Crippen molar-refractivity contribution in [1.29, 1.82) is 0 Å². The number of aromatic carboxylic acids is 1. The first-order chi connectivity index (χ1) is 10.7. The summed E-state index contributed by atoms with van der Waals surface area (Å²) in [6, 6.07) is 6.48. The Bertz CT molecular complexity index is 770. The topological polar surface area (TPSA) is 71.4 Å². The summed E-state index contributed by atoms with van der Waals surface area (Å²) in [4.78, 5) is 34.3. The van der Waals surface area contributed by atoms with Crippen LogP contribution < -0.4 is 0 Å². The van der Waals surface area contributed by atoms with Crippen LogP contribution in [0.2, 0.25) is 0 Å². The molecular weight excluding hydrogens is 280 g/mol. The molecule has 4 heteroatoms. The van der Waals surface area contributed by atoms with Crippen LogP contribution in [0.4, 0.5) is 0 Å². The van der Waals surface area contributed by atoms with Gasteiger partial charge >= 0.3 is 5.97 Å². The normalized spacial score (nSPS) is 15.1. The minimum Gasteiger partial charge on any atom is -0.478 e. The van der Waals surface area contributed by atoms with Crippen molar-refractivity contribution < 1.29 is 19.5 Å². The molecule has 2 aromatic rings. The molecule has 0 aliphatic heterocycles. The van der Waals surface area contributed by atoms with Crippen LogP contribution >= 0.6 is 0 Å². The van der Waals surface area contributed by atoms with Crippen molar-refractivity contribution >= 4 is 29.3 Å². The Balaban J connectivity index is 2.43. The molecule has 0 unspecified atom stereocenters. The van der Waals surface area contributed by atoms with E-state index >= 15 is 0 Å². The van der Waals surface area contributed by atoms with Gasteiger partial charge in [-0.1, -0.05) is 31.0 Å². The summed E-state index contributed by atoms with van der Waals surface area (Å²) < 4.78 is 0. The predicted octanol–water partition coefficient (Wildman–Crippen LogP) is 3.82. The third-order valence-electron chi connectivity index (χ3n) is 4.54. The molecule has 0 amide bonds. The van der Waals surface area contributed by atoms with Crippen LogP contribution in [0.25, 0.3) is 10.8 Å². The van der Waals surface area contributed by atoms with Gasteiger partial charge in [0.2, 0.25) is 0 Å². The van der Waals surface area contributed by atoms with Gasteiger partial charge in [0, 0.05) is 16.5 Å². The molecule has 0 heterocycles. The van der Waals surface area contributed by atoms with E-state index in [0.717, 1.165) is 37.5 Å². The minimum atomic E-state index is -1.09. The van der Waals surface area contributed by atoms with Crippen LogP contribution in [0.1, 0.15) is 68.2 Å². The summed E-state index contributed by atoms with van der Waals surface area (Å²) in [6.07, 6.45) is 5.73. The molecule has 0 radical (unpaired) electrons. The summed E-state index contributed by atoms with van der Waals surface area (Å²) in [7, 11) is 0. The zero-order valence-corrected chi connectivity index (χ0v) is 12.0. The summed E-state index contributed by atoms with van der Waals surface area (Å²) in [6.45, 7) is 0. The van der Waals surface area contributed by atoms with Gasteiger partial charge in [0.05, 0.1) is 5.56 Å². The standard InChI is InChI=1S/C18H16O4/c19-9-12-5-6-13(10-20)17-15(18(21)22)8-7-14(16(12)17)11-3-1-2-4-11/h5-11H,1-4H2,(H,21,22). The lowest BCUT2D eigenvalue weighted by molar-refractivity contribution is 0.0698. The molecule has 1 aliphatic carbocycles. The number of hydrogen-bond donors (Lipinski definition) is 1. The van der Waals surface area contributed by atoms with Gasteiger partial charge in [-0.15, -0.1) is 0 Å². The number of rotatable bonds is 4. The van der Waals surface area contributed by atoms with Gasteiger partial charge in [-0.25, -0.2) is 4.79 Å². The smallest absolute Gasteiger partial charge is 0.336 e. The van der Waals surface area contributed by atoms with Crippen LogP contribution in [-0.2, 0) is 0 Å². The van der Waals surface area contributed by atoms with E-state index < -0.39 is 5.97 Å². The Hall–Kier alpha value is -2.49. The molecule has 1 aliphatic rings. The van der Waals surface area contributed by atoms with E-state index in [-0.39, 0.29) is 5.56 Å². The van der Waals surface area contributed by atoms with E-state index in [1.54, 1.807) is 12.1 Å². The molecule has 1 saturated carbocycles. The van der Waals surface area contributed by atoms with Crippen molar-refractivity contribution in [3.63, 3.8) is 0 Å². The fourth-order valence-electron chi connectivity index (χ4n) is 3.53. The zero-order valence-electron chi connectivity index (χ0n) is 12.0. The Morgan fingerprint density at radius 1 is 0.955 bits per heavy atom. The molecule has 0 atom stereocenters. The fourth-order valence-corrected chi connectivity index (χ4v) is 3.53. The van der Waals surface area contributed by atoms with Crippen molar-refractivity contribution in [2.45, 2.75) is 31.6 Å². The number of carbonyl (C=O) groups is 3. The molecule has 2 aromatic carbocycles. The monoisotopic (exact) mass is 296 g/mol. The second kappa shape index (κ2) is 5.72. The van der Waals surface area contributed by atoms with Gasteiger partial charge in [0.1, 0.15) is 0 Å². The van der Waals surface area contributed by atoms with Crippen LogP contribution in [0.15, 0.2) is 24.3 Å². The summed E-state index contributed by atoms with van der Waals surface area (Å²) in [5, 5.41) is 10.4. The lowest BCUT2D eigenvalue weighted by atomic mass is 9.86. The van der Waals surface area contributed by atoms with E-state index in [9.17, 15) is 19.5 Å². The number of aldehydes is 2. The molecule has 1 fully saturated rings. The van der Waals surface area contributed by atoms with E-state index in [2.05, 4.69) is 0 Å². The van der Waals surface area contributed by atoms with Crippen LogP contribution in [-0.4, -0.2) is 23.6 Å². The highest BCUT2D eigenvalue weighted by Gasteiger charge is 2.24. The summed E-state index contributed by atoms with van der Waals surface area (Å²) >= 11 is 0. The number of carboxylic acids is 1. The molecule has 0 aromatic heterocycles. The van der Waals surface area contributed by atoms with Crippen molar-refractivity contribution in [3.8, 4) is 0 Å². The highest BCUT2D eigenvalue weighted by atomic mass is 16.4. The predicted molar refractivity (Wildman–Crippen MR) is 82.9 cm³/mol. The highest BCUT2D eigenvalue weighted by molar-refractivity contribution is 6.15. The van der Waals surface area contributed by atoms with Crippen LogP contribution in [0.5, 0.6) is 0 Å². The van der Waals surface area contributed by atoms with Crippen molar-refractivity contribution in [3.05, 3.63) is 46.5 Å². The van der Waals surface area contributed by atoms with Gasteiger partial charge in [0.15, 0.2) is 12.6 Å². The quantitative estimate of drug-likeness (QED) is 0.871. The fraction of sp³-hybridized carbons (Fsp3) is 0.278. The van der Waals surface area contributed by atoms with E-state index in [1.807, 2.05) is 6.07 Å². The summed E-state index contributed by atoms with van der Waals surface area (Å²) in [5.41, 5.74) is 1.83. The third-order valence-corrected chi connectivity index (χ3v) is 4.54. The van der Waals surface area contributed by atoms with E-state index in [1.165, 1.54) is 6.07 Å². The number of carboxylic acid groups (broad SMARTS) is 1. The molecule has 3 rings (SSSR count). The Morgan fingerprint density at radius 3 is 2.09 bits per heavy atom. The average Bonchev–Trinajstić information content (AvgIpc) is 3.06. The largest absolute Gasteiger partial charge is 0.478 e. The zero-order chi connectivity index (χ0) is 15.7. The molecule has 0 saturated heterocycles. The Kier molecular flexibility index (Phi) is 3.75. The van der Waals surface area contributed by atoms with Gasteiger partial charge in [-0.05, 0) is 35.8 Å². The maximum atomic E-state index is 11.5. The first-order valence-corrected chi connectivity index (χ1v) is 7.40. The molecule has 112 valence electrons. The second-order valence-corrected chi connectivity index (χ2v) is 5.72. The van der Waals surface area contributed by atoms with Crippen molar-refractivity contribution in [2.75, 3.05) is 0 Å². The van der Waals surface area contributed by atoms with Gasteiger partial charge in [-0.3, -0.25) is 9.59 Å². The number of fused-ring (bicyclic) bond motifs is 1. The third kappa shape index (κ3) is 2.21. The number of benzene rings is 2. The lowest BCUT2D eigenvalue weighted by Gasteiger charge is -2.17. The van der Waals surface area contributed by atoms with E-state index in [0.29, 0.717) is 34.1 Å². The SMILES string of the molecule is O=Cc1ccc(C=O)c2c(C3CCCC3)ccc(C(=O)O)c12. The lowest BCUT2D eigenvalue weighted by Crippen LogP contribution is -2.05. The Labute approximate surface area is 127 Å². The molecule has 0 spiro atoms. The van der Waals surface area contributed by atoms with Crippen LogP contribution in [0, 0.1) is 0 Å². The maximum absolute atomic E-state index is 11.5. The average molecular weight is 296 g/mol. The van der Waals surface area contributed by atoms with Gasteiger partial charge in [0.25, 0.3) is 0 Å². The molecule has 0 bridgehead atoms. The van der Waals surface area contributed by atoms with Gasteiger partial charge in [-0.2, -0.15) is 0 Å². The maximum Gasteiger partial charge on any atom is 0.336 e. The first-order valence-electron chi connectivity index (χ1n) is 7.40. The number of carbonyl (C=O) groups excluding carboxylic acids is 2. The van der Waals surface area contributed by atoms with E-state index in [4.69, 9.17) is 0 Å². The van der Waals surface area contributed by atoms with Crippen molar-refractivity contribution in [1.82, 2.24) is 0 Å². The molecule has 22 heavy (non-hydrogen) atoms. The van der Waals surface area contributed by atoms with Crippen molar-refractivity contribution in [2.24, 2.45) is 0 Å². The number of hydrogen-bond acceptors (Lipinski definition) is 3. The Morgan fingerprint density at radius 2 is 1.55 bits per heavy atom. The van der Waals surface area contributed by atoms with Crippen LogP contribution in [0.3, 0.4) is 0 Å².